The van der Waals surface area contributed by atoms with Gasteiger partial charge in [0.2, 0.25) is 5.75 Å². The molecule has 1 aromatic heterocycles. The maximum atomic E-state index is 5.97. The lowest BCUT2D eigenvalue weighted by Crippen LogP contribution is -2.29. The fraction of sp³-hybridized carbons (Fsp3) is 0.500. The summed E-state index contributed by atoms with van der Waals surface area (Å²) in [7, 11) is 0. The second-order valence-electron chi connectivity index (χ2n) is 7.10. The molecule has 5 rings (SSSR count). The Morgan fingerprint density at radius 2 is 1.88 bits per heavy atom. The third-order valence-corrected chi connectivity index (χ3v) is 6.58. The highest BCUT2D eigenvalue weighted by Gasteiger charge is 2.32. The molecule has 3 aliphatic heterocycles. The minimum Gasteiger partial charge on any atom is -0.489 e. The topological polar surface area (TPSA) is 30.9 Å². The summed E-state index contributed by atoms with van der Waals surface area (Å²) < 4.78 is 17.5. The molecule has 0 amide bonds. The molecule has 3 aliphatic rings. The summed E-state index contributed by atoms with van der Waals surface area (Å²) >= 11 is 1.90. The fourth-order valence-corrected chi connectivity index (χ4v) is 5.15. The van der Waals surface area contributed by atoms with Crippen LogP contribution in [0.3, 0.4) is 0 Å². The SMILES string of the molecule is Cl.c1csc(C2CCN(CC3CCOc4c3ccc3c4OCCO3)C2)c1. The molecular weight excluding hydrogens is 370 g/mol. The zero-order chi connectivity index (χ0) is 16.6. The van der Waals surface area contributed by atoms with E-state index in [-0.39, 0.29) is 12.4 Å². The van der Waals surface area contributed by atoms with Crippen LogP contribution in [0, 0.1) is 0 Å². The van der Waals surface area contributed by atoms with Gasteiger partial charge >= 0.3 is 0 Å². The summed E-state index contributed by atoms with van der Waals surface area (Å²) in [6.45, 7) is 5.47. The van der Waals surface area contributed by atoms with Crippen molar-refractivity contribution in [3.63, 3.8) is 0 Å². The summed E-state index contributed by atoms with van der Waals surface area (Å²) in [6.07, 6.45) is 2.35. The van der Waals surface area contributed by atoms with Crippen LogP contribution in [0.1, 0.15) is 35.1 Å². The Hall–Kier alpha value is -1.43. The van der Waals surface area contributed by atoms with E-state index in [1.165, 1.54) is 30.0 Å². The molecule has 4 heterocycles. The highest BCUT2D eigenvalue weighted by Crippen LogP contribution is 2.47. The lowest BCUT2D eigenvalue weighted by Gasteiger charge is -2.32. The van der Waals surface area contributed by atoms with Gasteiger partial charge in [0, 0.05) is 35.4 Å². The molecule has 140 valence electrons. The predicted octanol–water partition coefficient (Wildman–Crippen LogP) is 4.30. The molecule has 2 unspecified atom stereocenters. The fourth-order valence-electron chi connectivity index (χ4n) is 4.29. The van der Waals surface area contributed by atoms with Gasteiger partial charge in [0.15, 0.2) is 11.5 Å². The first kappa shape index (κ1) is 18.0. The number of fused-ring (bicyclic) bond motifs is 3. The Morgan fingerprint density at radius 1 is 1.00 bits per heavy atom. The third kappa shape index (κ3) is 3.28. The maximum absolute atomic E-state index is 5.97. The average molecular weight is 394 g/mol. The first-order valence-electron chi connectivity index (χ1n) is 9.19. The highest BCUT2D eigenvalue weighted by atomic mass is 35.5. The van der Waals surface area contributed by atoms with Crippen molar-refractivity contribution in [2.45, 2.75) is 24.7 Å². The molecule has 0 radical (unpaired) electrons. The zero-order valence-corrected chi connectivity index (χ0v) is 16.3. The number of halogens is 1. The van der Waals surface area contributed by atoms with E-state index in [1.807, 2.05) is 17.4 Å². The maximum Gasteiger partial charge on any atom is 0.203 e. The van der Waals surface area contributed by atoms with E-state index in [1.54, 1.807) is 0 Å². The van der Waals surface area contributed by atoms with E-state index in [9.17, 15) is 0 Å². The van der Waals surface area contributed by atoms with E-state index in [0.717, 1.165) is 36.8 Å². The van der Waals surface area contributed by atoms with Crippen molar-refractivity contribution < 1.29 is 14.2 Å². The quantitative estimate of drug-likeness (QED) is 0.778. The van der Waals surface area contributed by atoms with E-state index < -0.39 is 0 Å². The monoisotopic (exact) mass is 393 g/mol. The molecular formula is C20H24ClNO3S. The molecule has 2 aromatic rings. The first-order chi connectivity index (χ1) is 12.4. The van der Waals surface area contributed by atoms with Crippen LogP contribution in [0.2, 0.25) is 0 Å². The molecule has 0 aliphatic carbocycles. The number of likely N-dealkylation sites (tertiary alicyclic amines) is 1. The molecule has 1 aromatic carbocycles. The summed E-state index contributed by atoms with van der Waals surface area (Å²) in [5, 5.41) is 2.19. The van der Waals surface area contributed by atoms with E-state index >= 15 is 0 Å². The van der Waals surface area contributed by atoms with Crippen LogP contribution in [0.15, 0.2) is 29.6 Å². The van der Waals surface area contributed by atoms with Crippen LogP contribution >= 0.6 is 23.7 Å². The van der Waals surface area contributed by atoms with Crippen molar-refractivity contribution in [3.05, 3.63) is 40.1 Å². The van der Waals surface area contributed by atoms with Crippen LogP contribution in [0.4, 0.5) is 0 Å². The standard InChI is InChI=1S/C20H23NO3S.ClH/c1-2-18(25-11-1)15-5-7-21(13-15)12-14-6-8-23-19-16(14)3-4-17-20(19)24-10-9-22-17;/h1-4,11,14-15H,5-10,12-13H2;1H. The van der Waals surface area contributed by atoms with Gasteiger partial charge < -0.3 is 19.1 Å². The molecule has 2 atom stereocenters. The van der Waals surface area contributed by atoms with E-state index in [0.29, 0.717) is 25.0 Å². The number of thiophene rings is 1. The van der Waals surface area contributed by atoms with E-state index in [4.69, 9.17) is 14.2 Å². The second kappa shape index (κ2) is 7.67. The number of hydrogen-bond acceptors (Lipinski definition) is 5. The summed E-state index contributed by atoms with van der Waals surface area (Å²) in [4.78, 5) is 4.16. The molecule has 0 spiro atoms. The third-order valence-electron chi connectivity index (χ3n) is 5.54. The predicted molar refractivity (Wildman–Crippen MR) is 106 cm³/mol. The molecule has 6 heteroatoms. The molecule has 1 fully saturated rings. The average Bonchev–Trinajstić information content (AvgIpc) is 3.33. The second-order valence-corrected chi connectivity index (χ2v) is 8.08. The Balaban J connectivity index is 0.00000168. The van der Waals surface area contributed by atoms with Gasteiger partial charge in [-0.2, -0.15) is 0 Å². The largest absolute Gasteiger partial charge is 0.489 e. The van der Waals surface area contributed by atoms with Crippen LogP contribution < -0.4 is 14.2 Å². The van der Waals surface area contributed by atoms with Gasteiger partial charge in [-0.05, 0) is 36.9 Å². The Bertz CT molecular complexity index is 752. The van der Waals surface area contributed by atoms with Gasteiger partial charge in [0.05, 0.1) is 6.61 Å². The van der Waals surface area contributed by atoms with Crippen molar-refractivity contribution in [2.75, 3.05) is 39.5 Å². The van der Waals surface area contributed by atoms with Gasteiger partial charge in [-0.15, -0.1) is 23.7 Å². The van der Waals surface area contributed by atoms with Crippen molar-refractivity contribution in [3.8, 4) is 17.2 Å². The lowest BCUT2D eigenvalue weighted by atomic mass is 9.92. The number of nitrogens with zero attached hydrogens (tertiary/aromatic N) is 1. The minimum absolute atomic E-state index is 0. The number of ether oxygens (including phenoxy) is 3. The molecule has 0 bridgehead atoms. The normalized spacial score (nSPS) is 24.5. The molecule has 1 saturated heterocycles. The summed E-state index contributed by atoms with van der Waals surface area (Å²) in [5.41, 5.74) is 1.29. The Kier molecular flexibility index (Phi) is 5.30. The van der Waals surface area contributed by atoms with Crippen molar-refractivity contribution >= 4 is 23.7 Å². The molecule has 0 saturated carbocycles. The van der Waals surface area contributed by atoms with Crippen molar-refractivity contribution in [2.24, 2.45) is 0 Å². The van der Waals surface area contributed by atoms with Gasteiger partial charge in [0.25, 0.3) is 0 Å². The lowest BCUT2D eigenvalue weighted by molar-refractivity contribution is 0.155. The van der Waals surface area contributed by atoms with Crippen molar-refractivity contribution in [1.82, 2.24) is 4.90 Å². The number of benzene rings is 1. The van der Waals surface area contributed by atoms with Gasteiger partial charge in [-0.3, -0.25) is 0 Å². The van der Waals surface area contributed by atoms with Crippen LogP contribution in [-0.2, 0) is 0 Å². The summed E-state index contributed by atoms with van der Waals surface area (Å²) in [6, 6.07) is 8.68. The molecule has 0 N–H and O–H groups in total. The van der Waals surface area contributed by atoms with Gasteiger partial charge in [-0.25, -0.2) is 0 Å². The Labute approximate surface area is 164 Å². The minimum atomic E-state index is 0. The van der Waals surface area contributed by atoms with Gasteiger partial charge in [-0.1, -0.05) is 12.1 Å². The van der Waals surface area contributed by atoms with Crippen LogP contribution in [0.25, 0.3) is 0 Å². The smallest absolute Gasteiger partial charge is 0.203 e. The molecule has 26 heavy (non-hydrogen) atoms. The van der Waals surface area contributed by atoms with Crippen LogP contribution in [-0.4, -0.2) is 44.4 Å². The molecule has 4 nitrogen and oxygen atoms in total. The number of hydrogen-bond donors (Lipinski definition) is 0. The first-order valence-corrected chi connectivity index (χ1v) is 10.1. The highest BCUT2D eigenvalue weighted by molar-refractivity contribution is 7.10. The number of rotatable bonds is 3. The van der Waals surface area contributed by atoms with Crippen LogP contribution in [0.5, 0.6) is 17.2 Å². The van der Waals surface area contributed by atoms with Crippen molar-refractivity contribution in [1.29, 1.82) is 0 Å². The van der Waals surface area contributed by atoms with E-state index in [2.05, 4.69) is 28.5 Å². The zero-order valence-electron chi connectivity index (χ0n) is 14.7. The van der Waals surface area contributed by atoms with Gasteiger partial charge in [0.1, 0.15) is 13.2 Å². The summed E-state index contributed by atoms with van der Waals surface area (Å²) in [5.74, 6) is 3.78. The Morgan fingerprint density at radius 3 is 2.77 bits per heavy atom.